The average Bonchev–Trinajstić information content (AvgIpc) is 3.31. The van der Waals surface area contributed by atoms with Crippen LogP contribution >= 0.6 is 0 Å². The van der Waals surface area contributed by atoms with Gasteiger partial charge in [0.05, 0.1) is 24.1 Å². The largest absolute Gasteiger partial charge is 0.496 e. The number of carbonyl (C=O) groups is 1. The molecule has 0 saturated carbocycles. The molecule has 30 heavy (non-hydrogen) atoms. The van der Waals surface area contributed by atoms with Crippen LogP contribution < -0.4 is 10.1 Å². The van der Waals surface area contributed by atoms with E-state index in [0.29, 0.717) is 34.3 Å². The van der Waals surface area contributed by atoms with E-state index in [1.165, 1.54) is 0 Å². The van der Waals surface area contributed by atoms with E-state index in [4.69, 9.17) is 14.3 Å². The number of para-hydroxylation sites is 1. The zero-order chi connectivity index (χ0) is 21.3. The van der Waals surface area contributed by atoms with E-state index in [0.717, 1.165) is 16.8 Å². The third-order valence-corrected chi connectivity index (χ3v) is 4.90. The molecule has 2 aromatic carbocycles. The van der Waals surface area contributed by atoms with Crippen LogP contribution in [0.3, 0.4) is 0 Å². The Morgan fingerprint density at radius 3 is 2.43 bits per heavy atom. The molecule has 2 heterocycles. The number of amides is 1. The standard InChI is InChI=1S/C24H23N3O3/c1-15-9-11-18(12-10-15)27-23(25-24(28)20-13-16(2)30-17(20)3)14-21(26-27)19-7-5-6-8-22(19)29-4/h5-14H,1-4H3,(H,25,28). The molecular weight excluding hydrogens is 378 g/mol. The van der Waals surface area contributed by atoms with Crippen molar-refractivity contribution in [3.8, 4) is 22.7 Å². The van der Waals surface area contributed by atoms with E-state index in [1.807, 2.05) is 68.4 Å². The van der Waals surface area contributed by atoms with Gasteiger partial charge < -0.3 is 14.5 Å². The molecular formula is C24H23N3O3. The van der Waals surface area contributed by atoms with Gasteiger partial charge in [-0.2, -0.15) is 5.10 Å². The molecule has 1 amide bonds. The fourth-order valence-corrected chi connectivity index (χ4v) is 3.38. The first-order chi connectivity index (χ1) is 14.5. The van der Waals surface area contributed by atoms with Gasteiger partial charge in [-0.3, -0.25) is 4.79 Å². The maximum absolute atomic E-state index is 12.9. The van der Waals surface area contributed by atoms with Crippen molar-refractivity contribution in [1.29, 1.82) is 0 Å². The van der Waals surface area contributed by atoms with E-state index in [1.54, 1.807) is 24.8 Å². The van der Waals surface area contributed by atoms with E-state index < -0.39 is 0 Å². The van der Waals surface area contributed by atoms with Crippen molar-refractivity contribution < 1.29 is 13.9 Å². The number of aromatic nitrogens is 2. The minimum atomic E-state index is -0.246. The Kier molecular flexibility index (Phi) is 5.14. The number of nitrogens with one attached hydrogen (secondary N) is 1. The third-order valence-electron chi connectivity index (χ3n) is 4.90. The highest BCUT2D eigenvalue weighted by molar-refractivity contribution is 6.05. The van der Waals surface area contributed by atoms with Crippen LogP contribution in [0.15, 0.2) is 65.1 Å². The maximum atomic E-state index is 12.9. The van der Waals surface area contributed by atoms with Crippen molar-refractivity contribution in [2.45, 2.75) is 20.8 Å². The van der Waals surface area contributed by atoms with Gasteiger partial charge in [0, 0.05) is 11.6 Å². The van der Waals surface area contributed by atoms with Crippen molar-refractivity contribution in [3.63, 3.8) is 0 Å². The van der Waals surface area contributed by atoms with Crippen LogP contribution in [-0.4, -0.2) is 22.8 Å². The molecule has 0 aliphatic heterocycles. The molecule has 2 aromatic heterocycles. The summed E-state index contributed by atoms with van der Waals surface area (Å²) in [5.74, 6) is 2.30. The summed E-state index contributed by atoms with van der Waals surface area (Å²) in [5, 5.41) is 7.74. The molecule has 4 rings (SSSR count). The Hall–Kier alpha value is -3.80. The van der Waals surface area contributed by atoms with Crippen LogP contribution in [0, 0.1) is 20.8 Å². The van der Waals surface area contributed by atoms with Gasteiger partial charge >= 0.3 is 0 Å². The molecule has 4 aromatic rings. The predicted octanol–water partition coefficient (Wildman–Crippen LogP) is 5.32. The van der Waals surface area contributed by atoms with Gasteiger partial charge in [0.15, 0.2) is 0 Å². The third kappa shape index (κ3) is 3.72. The highest BCUT2D eigenvalue weighted by Crippen LogP contribution is 2.32. The van der Waals surface area contributed by atoms with Crippen molar-refractivity contribution >= 4 is 11.7 Å². The summed E-state index contributed by atoms with van der Waals surface area (Å²) >= 11 is 0. The van der Waals surface area contributed by atoms with E-state index in [2.05, 4.69) is 5.32 Å². The molecule has 0 aliphatic rings. The number of hydrogen-bond acceptors (Lipinski definition) is 4. The van der Waals surface area contributed by atoms with Gasteiger partial charge in [0.1, 0.15) is 23.1 Å². The number of nitrogens with zero attached hydrogens (tertiary/aromatic N) is 2. The lowest BCUT2D eigenvalue weighted by molar-refractivity contribution is 0.102. The van der Waals surface area contributed by atoms with Gasteiger partial charge in [0.2, 0.25) is 0 Å². The maximum Gasteiger partial charge on any atom is 0.260 e. The molecule has 6 nitrogen and oxygen atoms in total. The number of benzene rings is 2. The van der Waals surface area contributed by atoms with Crippen LogP contribution in [-0.2, 0) is 0 Å². The topological polar surface area (TPSA) is 69.3 Å². The monoisotopic (exact) mass is 401 g/mol. The van der Waals surface area contributed by atoms with Crippen LogP contribution in [0.5, 0.6) is 5.75 Å². The Labute approximate surface area is 175 Å². The second-order valence-corrected chi connectivity index (χ2v) is 7.14. The fraction of sp³-hybridized carbons (Fsp3) is 0.167. The fourth-order valence-electron chi connectivity index (χ4n) is 3.38. The Morgan fingerprint density at radius 1 is 1.03 bits per heavy atom. The number of carbonyl (C=O) groups excluding carboxylic acids is 1. The van der Waals surface area contributed by atoms with Gasteiger partial charge in [-0.05, 0) is 51.1 Å². The Bertz CT molecular complexity index is 1200. The number of hydrogen-bond donors (Lipinski definition) is 1. The molecule has 0 bridgehead atoms. The second-order valence-electron chi connectivity index (χ2n) is 7.14. The van der Waals surface area contributed by atoms with Crippen molar-refractivity contribution in [2.24, 2.45) is 0 Å². The van der Waals surface area contributed by atoms with Gasteiger partial charge in [-0.1, -0.05) is 29.8 Å². The van der Waals surface area contributed by atoms with Gasteiger partial charge in [-0.25, -0.2) is 4.68 Å². The first kappa shape index (κ1) is 19.5. The Morgan fingerprint density at radius 2 is 1.77 bits per heavy atom. The molecule has 0 spiro atoms. The summed E-state index contributed by atoms with van der Waals surface area (Å²) in [4.78, 5) is 12.9. The lowest BCUT2D eigenvalue weighted by atomic mass is 10.1. The lowest BCUT2D eigenvalue weighted by Crippen LogP contribution is -2.15. The molecule has 152 valence electrons. The number of aryl methyl sites for hydroxylation is 3. The molecule has 0 saturated heterocycles. The molecule has 0 radical (unpaired) electrons. The zero-order valence-corrected chi connectivity index (χ0v) is 17.4. The summed E-state index contributed by atoms with van der Waals surface area (Å²) in [6.07, 6.45) is 0. The minimum Gasteiger partial charge on any atom is -0.496 e. The minimum absolute atomic E-state index is 0.246. The Balaban J connectivity index is 1.79. The molecule has 0 aliphatic carbocycles. The summed E-state index contributed by atoms with van der Waals surface area (Å²) in [7, 11) is 1.63. The lowest BCUT2D eigenvalue weighted by Gasteiger charge is -2.09. The van der Waals surface area contributed by atoms with Crippen LogP contribution in [0.1, 0.15) is 27.4 Å². The summed E-state index contributed by atoms with van der Waals surface area (Å²) < 4.78 is 12.7. The molecule has 0 atom stereocenters. The van der Waals surface area contributed by atoms with E-state index in [-0.39, 0.29) is 5.91 Å². The first-order valence-corrected chi connectivity index (χ1v) is 9.65. The number of rotatable bonds is 5. The molecule has 6 heteroatoms. The first-order valence-electron chi connectivity index (χ1n) is 9.65. The van der Waals surface area contributed by atoms with Gasteiger partial charge in [-0.15, -0.1) is 0 Å². The normalized spacial score (nSPS) is 10.8. The zero-order valence-electron chi connectivity index (χ0n) is 17.4. The number of ether oxygens (including phenoxy) is 1. The average molecular weight is 401 g/mol. The SMILES string of the molecule is COc1ccccc1-c1cc(NC(=O)c2cc(C)oc2C)n(-c2ccc(C)cc2)n1. The number of anilines is 1. The second kappa shape index (κ2) is 7.91. The summed E-state index contributed by atoms with van der Waals surface area (Å²) in [5.41, 5.74) is 4.03. The predicted molar refractivity (Wildman–Crippen MR) is 116 cm³/mol. The highest BCUT2D eigenvalue weighted by Gasteiger charge is 2.19. The highest BCUT2D eigenvalue weighted by atomic mass is 16.5. The summed E-state index contributed by atoms with van der Waals surface area (Å²) in [6, 6.07) is 19.2. The van der Waals surface area contributed by atoms with Gasteiger partial charge in [0.25, 0.3) is 5.91 Å². The molecule has 0 fully saturated rings. The molecule has 0 unspecified atom stereocenters. The number of furan rings is 1. The van der Waals surface area contributed by atoms with Crippen molar-refractivity contribution in [2.75, 3.05) is 12.4 Å². The number of methoxy groups -OCH3 is 1. The quantitative estimate of drug-likeness (QED) is 0.491. The van der Waals surface area contributed by atoms with E-state index >= 15 is 0 Å². The van der Waals surface area contributed by atoms with E-state index in [9.17, 15) is 4.79 Å². The summed E-state index contributed by atoms with van der Waals surface area (Å²) in [6.45, 7) is 5.62. The van der Waals surface area contributed by atoms with Crippen molar-refractivity contribution in [3.05, 3.63) is 83.3 Å². The van der Waals surface area contributed by atoms with Crippen molar-refractivity contribution in [1.82, 2.24) is 9.78 Å². The molecule has 1 N–H and O–H groups in total. The van der Waals surface area contributed by atoms with Crippen LogP contribution in [0.25, 0.3) is 16.9 Å². The van der Waals surface area contributed by atoms with Crippen LogP contribution in [0.2, 0.25) is 0 Å². The van der Waals surface area contributed by atoms with Crippen LogP contribution in [0.4, 0.5) is 5.82 Å². The smallest absolute Gasteiger partial charge is 0.260 e.